The molecule has 0 bridgehead atoms. The lowest BCUT2D eigenvalue weighted by atomic mass is 10.3. The van der Waals surface area contributed by atoms with Gasteiger partial charge in [-0.1, -0.05) is 18.2 Å². The van der Waals surface area contributed by atoms with Crippen molar-refractivity contribution in [3.63, 3.8) is 0 Å². The lowest BCUT2D eigenvalue weighted by Crippen LogP contribution is -2.28. The van der Waals surface area contributed by atoms with Crippen LogP contribution in [-0.4, -0.2) is 32.3 Å². The van der Waals surface area contributed by atoms with Crippen LogP contribution in [0.4, 0.5) is 5.69 Å². The van der Waals surface area contributed by atoms with E-state index in [1.165, 1.54) is 0 Å². The Bertz CT molecular complexity index is 421. The maximum atomic E-state index is 11.5. The van der Waals surface area contributed by atoms with E-state index in [9.17, 15) is 4.79 Å². The zero-order valence-corrected chi connectivity index (χ0v) is 11.6. The number of hydrogen-bond donors (Lipinski definition) is 2. The smallest absolute Gasteiger partial charge is 0.223 e. The standard InChI is InChI=1S/C15H22N2O3/c1-2-3-10-19-12-9-17-15(18)8-11-20-14-7-5-4-6-13(14)16/h2,4-7H,1,3,8-12,16H2,(H,17,18). The number of para-hydroxylation sites is 2. The second-order valence-corrected chi connectivity index (χ2v) is 4.18. The van der Waals surface area contributed by atoms with Gasteiger partial charge in [0.15, 0.2) is 0 Å². The van der Waals surface area contributed by atoms with Crippen LogP contribution in [-0.2, 0) is 9.53 Å². The first kappa shape index (κ1) is 16.0. The zero-order chi connectivity index (χ0) is 14.6. The number of amides is 1. The Kier molecular flexibility index (Phi) is 7.91. The molecule has 5 nitrogen and oxygen atoms in total. The molecule has 1 rings (SSSR count). The highest BCUT2D eigenvalue weighted by Gasteiger charge is 2.03. The van der Waals surface area contributed by atoms with Gasteiger partial charge in [-0.05, 0) is 18.6 Å². The highest BCUT2D eigenvalue weighted by atomic mass is 16.5. The number of nitrogens with two attached hydrogens (primary N) is 1. The average molecular weight is 278 g/mol. The Morgan fingerprint density at radius 1 is 1.30 bits per heavy atom. The van der Waals surface area contributed by atoms with E-state index in [0.29, 0.717) is 44.2 Å². The quantitative estimate of drug-likeness (QED) is 0.388. The predicted octanol–water partition coefficient (Wildman–Crippen LogP) is 1.75. The number of carbonyl (C=O) groups excluding carboxylic acids is 1. The fraction of sp³-hybridized carbons (Fsp3) is 0.400. The van der Waals surface area contributed by atoms with E-state index < -0.39 is 0 Å². The van der Waals surface area contributed by atoms with Crippen molar-refractivity contribution in [2.45, 2.75) is 12.8 Å². The van der Waals surface area contributed by atoms with Crippen molar-refractivity contribution in [3.8, 4) is 5.75 Å². The van der Waals surface area contributed by atoms with Crippen LogP contribution in [0, 0.1) is 0 Å². The van der Waals surface area contributed by atoms with Crippen molar-refractivity contribution in [3.05, 3.63) is 36.9 Å². The normalized spacial score (nSPS) is 10.0. The summed E-state index contributed by atoms with van der Waals surface area (Å²) in [5.74, 6) is 0.542. The third-order valence-corrected chi connectivity index (χ3v) is 2.54. The summed E-state index contributed by atoms with van der Waals surface area (Å²) in [5.41, 5.74) is 6.30. The molecule has 20 heavy (non-hydrogen) atoms. The summed E-state index contributed by atoms with van der Waals surface area (Å²) in [6, 6.07) is 7.21. The molecule has 0 aliphatic rings. The molecule has 0 aliphatic carbocycles. The Morgan fingerprint density at radius 3 is 2.85 bits per heavy atom. The molecule has 0 atom stereocenters. The van der Waals surface area contributed by atoms with Crippen molar-refractivity contribution < 1.29 is 14.3 Å². The third kappa shape index (κ3) is 6.80. The van der Waals surface area contributed by atoms with Crippen molar-refractivity contribution >= 4 is 11.6 Å². The van der Waals surface area contributed by atoms with E-state index in [1.807, 2.05) is 12.1 Å². The van der Waals surface area contributed by atoms with Crippen LogP contribution in [0.25, 0.3) is 0 Å². The van der Waals surface area contributed by atoms with Gasteiger partial charge in [-0.2, -0.15) is 0 Å². The fourth-order valence-electron chi connectivity index (χ4n) is 1.49. The molecule has 1 aromatic rings. The van der Waals surface area contributed by atoms with Gasteiger partial charge in [0.1, 0.15) is 5.75 Å². The van der Waals surface area contributed by atoms with Crippen LogP contribution in [0.3, 0.4) is 0 Å². The van der Waals surface area contributed by atoms with Gasteiger partial charge < -0.3 is 20.5 Å². The van der Waals surface area contributed by atoms with Crippen LogP contribution in [0.2, 0.25) is 0 Å². The topological polar surface area (TPSA) is 73.6 Å². The Hall–Kier alpha value is -2.01. The van der Waals surface area contributed by atoms with Gasteiger partial charge in [0.25, 0.3) is 0 Å². The molecule has 0 radical (unpaired) electrons. The molecule has 110 valence electrons. The molecule has 0 unspecified atom stereocenters. The summed E-state index contributed by atoms with van der Waals surface area (Å²) in [7, 11) is 0. The van der Waals surface area contributed by atoms with Gasteiger partial charge in [0.2, 0.25) is 5.91 Å². The van der Waals surface area contributed by atoms with Crippen molar-refractivity contribution in [1.82, 2.24) is 5.32 Å². The fourth-order valence-corrected chi connectivity index (χ4v) is 1.49. The number of rotatable bonds is 10. The molecule has 0 fully saturated rings. The molecular formula is C15H22N2O3. The number of nitrogen functional groups attached to an aromatic ring is 1. The second kappa shape index (κ2) is 9.86. The molecule has 0 saturated carbocycles. The third-order valence-electron chi connectivity index (χ3n) is 2.54. The maximum absolute atomic E-state index is 11.5. The van der Waals surface area contributed by atoms with Crippen molar-refractivity contribution in [2.75, 3.05) is 32.1 Å². The predicted molar refractivity (Wildman–Crippen MR) is 79.6 cm³/mol. The zero-order valence-electron chi connectivity index (χ0n) is 11.6. The number of hydrogen-bond acceptors (Lipinski definition) is 4. The molecule has 0 saturated heterocycles. The van der Waals surface area contributed by atoms with E-state index in [1.54, 1.807) is 18.2 Å². The minimum absolute atomic E-state index is 0.0631. The summed E-state index contributed by atoms with van der Waals surface area (Å²) in [6.45, 7) is 5.55. The highest BCUT2D eigenvalue weighted by Crippen LogP contribution is 2.19. The van der Waals surface area contributed by atoms with Crippen molar-refractivity contribution in [2.24, 2.45) is 0 Å². The van der Waals surface area contributed by atoms with E-state index in [0.717, 1.165) is 6.42 Å². The van der Waals surface area contributed by atoms with Gasteiger partial charge in [-0.3, -0.25) is 4.79 Å². The van der Waals surface area contributed by atoms with Crippen LogP contribution in [0.1, 0.15) is 12.8 Å². The highest BCUT2D eigenvalue weighted by molar-refractivity contribution is 5.76. The molecule has 5 heteroatoms. The van der Waals surface area contributed by atoms with E-state index >= 15 is 0 Å². The number of nitrogens with one attached hydrogen (secondary N) is 1. The molecule has 3 N–H and O–H groups in total. The van der Waals surface area contributed by atoms with Crippen LogP contribution >= 0.6 is 0 Å². The lowest BCUT2D eigenvalue weighted by molar-refractivity contribution is -0.121. The number of benzene rings is 1. The molecule has 0 aromatic heterocycles. The molecule has 1 amide bonds. The largest absolute Gasteiger partial charge is 0.491 e. The van der Waals surface area contributed by atoms with Crippen molar-refractivity contribution in [1.29, 1.82) is 0 Å². The first-order chi connectivity index (χ1) is 9.74. The molecular weight excluding hydrogens is 256 g/mol. The molecule has 1 aromatic carbocycles. The summed E-state index contributed by atoms with van der Waals surface area (Å²) in [5, 5.41) is 2.76. The Morgan fingerprint density at radius 2 is 2.10 bits per heavy atom. The average Bonchev–Trinajstić information content (AvgIpc) is 2.45. The monoisotopic (exact) mass is 278 g/mol. The second-order valence-electron chi connectivity index (χ2n) is 4.18. The summed E-state index contributed by atoms with van der Waals surface area (Å²) in [6.07, 6.45) is 2.91. The Labute approximate surface area is 119 Å². The molecule has 0 aliphatic heterocycles. The molecule has 0 heterocycles. The van der Waals surface area contributed by atoms with Gasteiger partial charge in [0, 0.05) is 6.54 Å². The summed E-state index contributed by atoms with van der Waals surface area (Å²) in [4.78, 5) is 11.5. The van der Waals surface area contributed by atoms with E-state index in [-0.39, 0.29) is 5.91 Å². The lowest BCUT2D eigenvalue weighted by Gasteiger charge is -2.09. The summed E-state index contributed by atoms with van der Waals surface area (Å²) >= 11 is 0. The minimum Gasteiger partial charge on any atom is -0.491 e. The van der Waals surface area contributed by atoms with Gasteiger partial charge >= 0.3 is 0 Å². The number of anilines is 1. The summed E-state index contributed by atoms with van der Waals surface area (Å²) < 4.78 is 10.7. The first-order valence-electron chi connectivity index (χ1n) is 6.66. The van der Waals surface area contributed by atoms with Gasteiger partial charge in [-0.15, -0.1) is 6.58 Å². The van der Waals surface area contributed by atoms with Crippen LogP contribution < -0.4 is 15.8 Å². The van der Waals surface area contributed by atoms with E-state index in [4.69, 9.17) is 15.2 Å². The Balaban J connectivity index is 2.06. The SMILES string of the molecule is C=CCCOCCNC(=O)CCOc1ccccc1N. The molecule has 0 spiro atoms. The van der Waals surface area contributed by atoms with Crippen LogP contribution in [0.5, 0.6) is 5.75 Å². The number of carbonyl (C=O) groups is 1. The van der Waals surface area contributed by atoms with Gasteiger partial charge in [-0.25, -0.2) is 0 Å². The first-order valence-corrected chi connectivity index (χ1v) is 6.66. The van der Waals surface area contributed by atoms with Crippen LogP contribution in [0.15, 0.2) is 36.9 Å². The minimum atomic E-state index is -0.0631. The van der Waals surface area contributed by atoms with E-state index in [2.05, 4.69) is 11.9 Å². The maximum Gasteiger partial charge on any atom is 0.223 e. The number of ether oxygens (including phenoxy) is 2. The van der Waals surface area contributed by atoms with Gasteiger partial charge in [0.05, 0.1) is 31.9 Å².